The minimum Gasteiger partial charge on any atom is -0.508 e. The first-order valence-corrected chi connectivity index (χ1v) is 16.5. The van der Waals surface area contributed by atoms with Gasteiger partial charge in [0.2, 0.25) is 0 Å². The zero-order chi connectivity index (χ0) is 33.4. The molecule has 6 rings (SSSR count). The van der Waals surface area contributed by atoms with E-state index in [1.165, 1.54) is 11.1 Å². The van der Waals surface area contributed by atoms with E-state index in [1.54, 1.807) is 36.4 Å². The Balaban J connectivity index is 0.000000188. The van der Waals surface area contributed by atoms with Gasteiger partial charge in [-0.05, 0) is 109 Å². The van der Waals surface area contributed by atoms with Crippen molar-refractivity contribution >= 4 is 28.5 Å². The van der Waals surface area contributed by atoms with Crippen molar-refractivity contribution in [2.75, 3.05) is 6.61 Å². The summed E-state index contributed by atoms with van der Waals surface area (Å²) in [6.07, 6.45) is 9.67. The number of allylic oxidation sites excluding steroid dienone is 6. The van der Waals surface area contributed by atoms with Crippen LogP contribution in [0, 0.1) is 28.6 Å². The third-order valence-electron chi connectivity index (χ3n) is 11.5. The average Bonchev–Trinajstić information content (AvgIpc) is 3.31. The summed E-state index contributed by atoms with van der Waals surface area (Å²) in [5.41, 5.74) is 2.96. The molecular formula is C39H46O7. The predicted molar refractivity (Wildman–Crippen MR) is 178 cm³/mol. The molecule has 0 heterocycles. The first-order chi connectivity index (χ1) is 21.8. The van der Waals surface area contributed by atoms with Crippen molar-refractivity contribution in [3.63, 3.8) is 0 Å². The Morgan fingerprint density at radius 2 is 1.41 bits per heavy atom. The molecule has 7 nitrogen and oxygen atoms in total. The molecule has 0 spiro atoms. The highest BCUT2D eigenvalue weighted by atomic mass is 16.3. The quantitative estimate of drug-likeness (QED) is 0.266. The van der Waals surface area contributed by atoms with Gasteiger partial charge in [-0.15, -0.1) is 0 Å². The van der Waals surface area contributed by atoms with Crippen LogP contribution in [0.4, 0.5) is 0 Å². The SMILES string of the molecule is CC/C(=C(/CC)c1ccc(O)cc1)c1ccc(O)cc1.C[C@]12C=CC(=O)C=C1CC[C@@H]1[C@@H]2C(=O)C[C@@]2(C)[C@H]1CC[C@]2(O)C(=O)CO. The Morgan fingerprint density at radius 1 is 0.870 bits per heavy atom. The van der Waals surface area contributed by atoms with Gasteiger partial charge in [-0.1, -0.05) is 63.6 Å². The van der Waals surface area contributed by atoms with E-state index >= 15 is 0 Å². The fourth-order valence-electron chi connectivity index (χ4n) is 9.13. The van der Waals surface area contributed by atoms with Crippen LogP contribution in [0.15, 0.2) is 72.3 Å². The highest BCUT2D eigenvalue weighted by Gasteiger charge is 2.68. The van der Waals surface area contributed by atoms with Crippen molar-refractivity contribution in [1.29, 1.82) is 0 Å². The predicted octanol–water partition coefficient (Wildman–Crippen LogP) is 6.59. The lowest BCUT2D eigenvalue weighted by molar-refractivity contribution is -0.168. The molecule has 3 saturated carbocycles. The number of carbonyl (C=O) groups is 3. The number of aliphatic hydroxyl groups excluding tert-OH is 1. The maximum atomic E-state index is 13.3. The summed E-state index contributed by atoms with van der Waals surface area (Å²) < 4.78 is 0. The summed E-state index contributed by atoms with van der Waals surface area (Å²) in [5, 5.41) is 39.3. The lowest BCUT2D eigenvalue weighted by Gasteiger charge is -2.56. The van der Waals surface area contributed by atoms with Crippen molar-refractivity contribution in [3.8, 4) is 11.5 Å². The average molecular weight is 627 g/mol. The second-order valence-corrected chi connectivity index (χ2v) is 13.8. The van der Waals surface area contributed by atoms with Crippen LogP contribution in [0.1, 0.15) is 83.8 Å². The van der Waals surface area contributed by atoms with Gasteiger partial charge in [0.25, 0.3) is 0 Å². The number of ketones is 3. The molecule has 2 aromatic carbocycles. The molecule has 0 bridgehead atoms. The molecule has 2 aromatic rings. The van der Waals surface area contributed by atoms with E-state index in [1.807, 2.05) is 44.2 Å². The van der Waals surface area contributed by atoms with E-state index in [4.69, 9.17) is 0 Å². The van der Waals surface area contributed by atoms with Gasteiger partial charge in [0.05, 0.1) is 0 Å². The van der Waals surface area contributed by atoms with Gasteiger partial charge in [-0.25, -0.2) is 0 Å². The third kappa shape index (κ3) is 5.58. The van der Waals surface area contributed by atoms with Gasteiger partial charge in [0, 0.05) is 23.2 Å². The number of rotatable bonds is 6. The van der Waals surface area contributed by atoms with Crippen LogP contribution in [-0.4, -0.2) is 50.0 Å². The van der Waals surface area contributed by atoms with Gasteiger partial charge in [-0.3, -0.25) is 14.4 Å². The van der Waals surface area contributed by atoms with Gasteiger partial charge in [0.15, 0.2) is 11.6 Å². The van der Waals surface area contributed by atoms with Gasteiger partial charge in [0.1, 0.15) is 29.5 Å². The number of aromatic hydroxyl groups is 2. The van der Waals surface area contributed by atoms with Crippen LogP contribution in [0.2, 0.25) is 0 Å². The number of phenols is 2. The monoisotopic (exact) mass is 626 g/mol. The molecule has 4 aliphatic rings. The number of benzene rings is 2. The Bertz CT molecular complexity index is 1540. The Hall–Kier alpha value is -3.81. The first-order valence-electron chi connectivity index (χ1n) is 16.5. The minimum atomic E-state index is -1.62. The lowest BCUT2D eigenvalue weighted by Crippen LogP contribution is -2.60. The van der Waals surface area contributed by atoms with Gasteiger partial charge < -0.3 is 20.4 Å². The number of fused-ring (bicyclic) bond motifs is 5. The molecule has 46 heavy (non-hydrogen) atoms. The number of hydrogen-bond donors (Lipinski definition) is 4. The summed E-state index contributed by atoms with van der Waals surface area (Å²) in [7, 11) is 0. The molecule has 0 unspecified atom stereocenters. The number of aliphatic hydroxyl groups is 2. The van der Waals surface area contributed by atoms with E-state index in [2.05, 4.69) is 13.8 Å². The van der Waals surface area contributed by atoms with Crippen molar-refractivity contribution in [2.45, 2.75) is 78.2 Å². The van der Waals surface area contributed by atoms with Crippen LogP contribution in [0.5, 0.6) is 11.5 Å². The van der Waals surface area contributed by atoms with Crippen LogP contribution in [0.3, 0.4) is 0 Å². The largest absolute Gasteiger partial charge is 0.508 e. The fraction of sp³-hybridized carbons (Fsp3) is 0.462. The Labute approximate surface area is 271 Å². The lowest BCUT2D eigenvalue weighted by atomic mass is 9.46. The normalized spacial score (nSPS) is 31.9. The number of Topliss-reactive ketones (excluding diaryl/α,β-unsaturated/α-hetero) is 2. The van der Waals surface area contributed by atoms with E-state index in [9.17, 15) is 34.8 Å². The van der Waals surface area contributed by atoms with E-state index in [0.29, 0.717) is 12.8 Å². The molecule has 0 saturated heterocycles. The highest BCUT2D eigenvalue weighted by molar-refractivity contribution is 6.02. The molecule has 0 amide bonds. The van der Waals surface area contributed by atoms with Gasteiger partial charge >= 0.3 is 0 Å². The zero-order valence-electron chi connectivity index (χ0n) is 27.3. The molecule has 6 atom stereocenters. The summed E-state index contributed by atoms with van der Waals surface area (Å²) in [4.78, 5) is 37.4. The molecule has 4 N–H and O–H groups in total. The van der Waals surface area contributed by atoms with Crippen molar-refractivity contribution in [3.05, 3.63) is 83.5 Å². The smallest absolute Gasteiger partial charge is 0.190 e. The van der Waals surface area contributed by atoms with Crippen molar-refractivity contribution in [1.82, 2.24) is 0 Å². The van der Waals surface area contributed by atoms with Crippen LogP contribution in [-0.2, 0) is 14.4 Å². The maximum Gasteiger partial charge on any atom is 0.190 e. The number of hydrogen-bond acceptors (Lipinski definition) is 7. The Kier molecular flexibility index (Phi) is 9.31. The zero-order valence-corrected chi connectivity index (χ0v) is 27.3. The summed E-state index contributed by atoms with van der Waals surface area (Å²) in [6.45, 7) is 7.46. The van der Waals surface area contributed by atoms with E-state index in [-0.39, 0.29) is 47.2 Å². The summed E-state index contributed by atoms with van der Waals surface area (Å²) in [5.74, 6) is -0.0219. The van der Waals surface area contributed by atoms with Gasteiger partial charge in [-0.2, -0.15) is 0 Å². The Morgan fingerprint density at radius 3 is 1.91 bits per heavy atom. The number of phenolic OH excluding ortho intramolecular Hbond substituents is 2. The topological polar surface area (TPSA) is 132 Å². The van der Waals surface area contributed by atoms with Crippen molar-refractivity contribution in [2.24, 2.45) is 28.6 Å². The van der Waals surface area contributed by atoms with Crippen LogP contribution < -0.4 is 0 Å². The third-order valence-corrected chi connectivity index (χ3v) is 11.5. The fourth-order valence-corrected chi connectivity index (χ4v) is 9.13. The maximum absolute atomic E-state index is 13.3. The summed E-state index contributed by atoms with van der Waals surface area (Å²) in [6, 6.07) is 14.7. The molecule has 0 aliphatic heterocycles. The minimum absolute atomic E-state index is 0.0206. The van der Waals surface area contributed by atoms with Crippen LogP contribution in [0.25, 0.3) is 11.1 Å². The van der Waals surface area contributed by atoms with Crippen LogP contribution >= 0.6 is 0 Å². The van der Waals surface area contributed by atoms with E-state index < -0.39 is 28.8 Å². The molecule has 7 heteroatoms. The molecule has 0 radical (unpaired) electrons. The summed E-state index contributed by atoms with van der Waals surface area (Å²) >= 11 is 0. The van der Waals surface area contributed by atoms with E-state index in [0.717, 1.165) is 42.4 Å². The molecule has 4 aliphatic carbocycles. The second kappa shape index (κ2) is 12.8. The molecule has 3 fully saturated rings. The highest BCUT2D eigenvalue weighted by Crippen LogP contribution is 2.66. The van der Waals surface area contributed by atoms with Crippen molar-refractivity contribution < 1.29 is 34.8 Å². The molecule has 0 aromatic heterocycles. The standard InChI is InChI=1S/C21H26O5.C18H20O2/c1-19-7-5-13(23)9-12(19)3-4-14-15-6-8-21(26,17(25)11-22)20(15,2)10-16(24)18(14)19;1-3-17(13-5-9-15(19)10-6-13)18(4-2)14-7-11-16(20)12-8-14/h5,7,9,14-15,18,22,26H,3-4,6,8,10-11H2,1-2H3;5-12,19-20H,3-4H2,1-2H3/b;18-17+/t14-,15-,18+,19-,20-,21-;/m0./s1. The first kappa shape index (κ1) is 33.6. The molecule has 244 valence electrons. The molecular weight excluding hydrogens is 580 g/mol. The number of carbonyl (C=O) groups excluding carboxylic acids is 3. The second-order valence-electron chi connectivity index (χ2n) is 13.8.